The summed E-state index contributed by atoms with van der Waals surface area (Å²) >= 11 is 0. The molecular weight excluding hydrogens is 331 g/mol. The predicted octanol–water partition coefficient (Wildman–Crippen LogP) is 4.40. The number of carbonyl (C=O) groups is 1. The number of hydrogen-bond donors (Lipinski definition) is 0. The topological polar surface area (TPSA) is 29.5 Å². The highest BCUT2D eigenvalue weighted by Gasteiger charge is 2.59. The summed E-state index contributed by atoms with van der Waals surface area (Å²) in [6.07, 6.45) is -1.00. The molecule has 138 valence electrons. The van der Waals surface area contributed by atoms with Crippen LogP contribution in [0, 0.1) is 5.41 Å². The van der Waals surface area contributed by atoms with E-state index in [0.29, 0.717) is 25.1 Å². The maximum Gasteiger partial charge on any atom is 0.416 e. The van der Waals surface area contributed by atoms with Crippen LogP contribution in [0.15, 0.2) is 24.3 Å². The SMILES string of the molecule is CCOC(=O)[C@]1(CC)C[C@@H]2CC[C@H]1N2Cc1cccc(C(F)(F)F)c1. The van der Waals surface area contributed by atoms with Gasteiger partial charge >= 0.3 is 12.1 Å². The molecule has 6 heteroatoms. The van der Waals surface area contributed by atoms with Crippen molar-refractivity contribution < 1.29 is 22.7 Å². The molecule has 1 aromatic carbocycles. The largest absolute Gasteiger partial charge is 0.466 e. The van der Waals surface area contributed by atoms with Gasteiger partial charge in [0.2, 0.25) is 0 Å². The zero-order valence-electron chi connectivity index (χ0n) is 14.6. The standard InChI is InChI=1S/C19H24F3NO2/c1-3-18(17(24)25-4-2)11-15-8-9-16(18)23(15)12-13-6-5-7-14(10-13)19(20,21)22/h5-7,10,15-16H,3-4,8-9,11-12H2,1-2H3/t15-,16+,18+/m0/s1. The second-order valence-corrected chi connectivity index (χ2v) is 7.05. The number of carbonyl (C=O) groups excluding carboxylic acids is 1. The molecule has 0 N–H and O–H groups in total. The molecule has 0 radical (unpaired) electrons. The van der Waals surface area contributed by atoms with Crippen LogP contribution in [0.2, 0.25) is 0 Å². The van der Waals surface area contributed by atoms with Gasteiger partial charge in [0, 0.05) is 18.6 Å². The summed E-state index contributed by atoms with van der Waals surface area (Å²) in [6.45, 7) is 4.60. The average Bonchev–Trinajstić information content (AvgIpc) is 3.10. The smallest absolute Gasteiger partial charge is 0.416 e. The predicted molar refractivity (Wildman–Crippen MR) is 87.8 cm³/mol. The maximum absolute atomic E-state index is 12.9. The highest BCUT2D eigenvalue weighted by atomic mass is 19.4. The van der Waals surface area contributed by atoms with Gasteiger partial charge in [-0.3, -0.25) is 9.69 Å². The quantitative estimate of drug-likeness (QED) is 0.733. The number of halogens is 3. The molecule has 2 heterocycles. The van der Waals surface area contributed by atoms with Crippen LogP contribution in [0.25, 0.3) is 0 Å². The summed E-state index contributed by atoms with van der Waals surface area (Å²) in [5.41, 5.74) is -0.494. The minimum absolute atomic E-state index is 0.0519. The Bertz CT molecular complexity index is 646. The van der Waals surface area contributed by atoms with Crippen LogP contribution in [0.3, 0.4) is 0 Å². The molecular formula is C19H24F3NO2. The summed E-state index contributed by atoms with van der Waals surface area (Å²) in [5.74, 6) is -0.154. The van der Waals surface area contributed by atoms with Crippen molar-refractivity contribution in [3.05, 3.63) is 35.4 Å². The van der Waals surface area contributed by atoms with E-state index in [2.05, 4.69) is 4.90 Å². The molecule has 3 nitrogen and oxygen atoms in total. The van der Waals surface area contributed by atoms with E-state index < -0.39 is 17.2 Å². The van der Waals surface area contributed by atoms with E-state index in [1.807, 2.05) is 6.92 Å². The van der Waals surface area contributed by atoms with Crippen molar-refractivity contribution in [3.8, 4) is 0 Å². The Kier molecular flexibility index (Phi) is 4.84. The van der Waals surface area contributed by atoms with E-state index in [1.54, 1.807) is 13.0 Å². The zero-order valence-corrected chi connectivity index (χ0v) is 14.6. The number of hydrogen-bond acceptors (Lipinski definition) is 3. The second-order valence-electron chi connectivity index (χ2n) is 7.05. The number of nitrogens with zero attached hydrogens (tertiary/aromatic N) is 1. The number of esters is 1. The minimum atomic E-state index is -4.34. The number of ether oxygens (including phenoxy) is 1. The lowest BCUT2D eigenvalue weighted by Gasteiger charge is -2.34. The lowest BCUT2D eigenvalue weighted by molar-refractivity contribution is -0.157. The van der Waals surface area contributed by atoms with Crippen molar-refractivity contribution in [1.82, 2.24) is 4.90 Å². The molecule has 2 fully saturated rings. The fourth-order valence-corrected chi connectivity index (χ4v) is 4.62. The molecule has 0 unspecified atom stereocenters. The monoisotopic (exact) mass is 355 g/mol. The molecule has 0 aliphatic carbocycles. The molecule has 2 bridgehead atoms. The third-order valence-corrected chi connectivity index (χ3v) is 5.81. The Morgan fingerprint density at radius 3 is 2.72 bits per heavy atom. The van der Waals surface area contributed by atoms with Crippen molar-refractivity contribution in [2.75, 3.05) is 6.61 Å². The average molecular weight is 355 g/mol. The first-order valence-electron chi connectivity index (χ1n) is 8.91. The van der Waals surface area contributed by atoms with E-state index in [4.69, 9.17) is 4.74 Å². The van der Waals surface area contributed by atoms with E-state index in [9.17, 15) is 18.0 Å². The molecule has 0 saturated carbocycles. The fraction of sp³-hybridized carbons (Fsp3) is 0.632. The number of alkyl halides is 3. The molecule has 1 aromatic rings. The Labute approximate surface area is 146 Å². The zero-order chi connectivity index (χ0) is 18.2. The molecule has 0 amide bonds. The molecule has 0 spiro atoms. The number of benzene rings is 1. The van der Waals surface area contributed by atoms with Crippen molar-refractivity contribution in [2.24, 2.45) is 5.41 Å². The normalized spacial score (nSPS) is 29.2. The molecule has 3 atom stereocenters. The lowest BCUT2D eigenvalue weighted by Crippen LogP contribution is -2.44. The Morgan fingerprint density at radius 1 is 1.32 bits per heavy atom. The maximum atomic E-state index is 12.9. The van der Waals surface area contributed by atoms with Gasteiger partial charge in [0.15, 0.2) is 0 Å². The highest BCUT2D eigenvalue weighted by molar-refractivity contribution is 5.78. The van der Waals surface area contributed by atoms with Crippen molar-refractivity contribution in [1.29, 1.82) is 0 Å². The van der Waals surface area contributed by atoms with Gasteiger partial charge < -0.3 is 4.74 Å². The van der Waals surface area contributed by atoms with Crippen LogP contribution in [0.4, 0.5) is 13.2 Å². The summed E-state index contributed by atoms with van der Waals surface area (Å²) < 4.78 is 44.1. The summed E-state index contributed by atoms with van der Waals surface area (Å²) in [6, 6.07) is 5.78. The van der Waals surface area contributed by atoms with Crippen LogP contribution in [0.5, 0.6) is 0 Å². The van der Waals surface area contributed by atoms with E-state index in [0.717, 1.165) is 25.3 Å². The Hall–Kier alpha value is -1.56. The summed E-state index contributed by atoms with van der Waals surface area (Å²) in [5, 5.41) is 0. The van der Waals surface area contributed by atoms with Crippen LogP contribution in [-0.4, -0.2) is 29.6 Å². The first kappa shape index (κ1) is 18.2. The fourth-order valence-electron chi connectivity index (χ4n) is 4.62. The minimum Gasteiger partial charge on any atom is -0.466 e. The third-order valence-electron chi connectivity index (χ3n) is 5.81. The number of rotatable bonds is 5. The van der Waals surface area contributed by atoms with Gasteiger partial charge in [-0.05, 0) is 44.2 Å². The molecule has 25 heavy (non-hydrogen) atoms. The molecule has 0 aromatic heterocycles. The van der Waals surface area contributed by atoms with E-state index in [-0.39, 0.29) is 18.1 Å². The lowest BCUT2D eigenvalue weighted by atomic mass is 9.72. The second kappa shape index (κ2) is 6.63. The van der Waals surface area contributed by atoms with E-state index in [1.165, 1.54) is 12.1 Å². The Morgan fingerprint density at radius 2 is 2.08 bits per heavy atom. The van der Waals surface area contributed by atoms with Crippen LogP contribution < -0.4 is 0 Å². The summed E-state index contributed by atoms with van der Waals surface area (Å²) in [4.78, 5) is 14.8. The van der Waals surface area contributed by atoms with Crippen molar-refractivity contribution in [3.63, 3.8) is 0 Å². The molecule has 2 aliphatic rings. The van der Waals surface area contributed by atoms with Gasteiger partial charge in [-0.25, -0.2) is 0 Å². The van der Waals surface area contributed by atoms with Gasteiger partial charge in [0.1, 0.15) is 0 Å². The molecule has 2 aliphatic heterocycles. The third kappa shape index (κ3) is 3.16. The van der Waals surface area contributed by atoms with Gasteiger partial charge in [0.25, 0.3) is 0 Å². The molecule has 3 rings (SSSR count). The Balaban J connectivity index is 1.82. The summed E-state index contributed by atoms with van der Waals surface area (Å²) in [7, 11) is 0. The van der Waals surface area contributed by atoms with Crippen LogP contribution in [-0.2, 0) is 22.3 Å². The highest BCUT2D eigenvalue weighted by Crippen LogP contribution is 2.53. The van der Waals surface area contributed by atoms with Gasteiger partial charge in [-0.15, -0.1) is 0 Å². The van der Waals surface area contributed by atoms with Crippen molar-refractivity contribution >= 4 is 5.97 Å². The van der Waals surface area contributed by atoms with Crippen LogP contribution in [0.1, 0.15) is 50.7 Å². The van der Waals surface area contributed by atoms with Gasteiger partial charge in [-0.2, -0.15) is 13.2 Å². The van der Waals surface area contributed by atoms with Gasteiger partial charge in [-0.1, -0.05) is 25.1 Å². The molecule has 2 saturated heterocycles. The van der Waals surface area contributed by atoms with Gasteiger partial charge in [0.05, 0.1) is 17.6 Å². The first-order valence-corrected chi connectivity index (χ1v) is 8.91. The number of fused-ring (bicyclic) bond motifs is 2. The van der Waals surface area contributed by atoms with Crippen molar-refractivity contribution in [2.45, 2.75) is 64.3 Å². The van der Waals surface area contributed by atoms with Crippen LogP contribution >= 0.6 is 0 Å². The first-order chi connectivity index (χ1) is 11.8. The van der Waals surface area contributed by atoms with E-state index >= 15 is 0 Å².